The summed E-state index contributed by atoms with van der Waals surface area (Å²) in [7, 11) is 0. The van der Waals surface area contributed by atoms with Gasteiger partial charge in [0.2, 0.25) is 5.91 Å². The number of amides is 2. The Morgan fingerprint density at radius 2 is 1.84 bits per heavy atom. The van der Waals surface area contributed by atoms with Crippen molar-refractivity contribution in [3.8, 4) is 0 Å². The lowest BCUT2D eigenvalue weighted by Gasteiger charge is -2.23. The maximum Gasteiger partial charge on any atom is 0.256 e. The second kappa shape index (κ2) is 9.24. The Balaban J connectivity index is 1.61. The van der Waals surface area contributed by atoms with Crippen molar-refractivity contribution in [3.63, 3.8) is 0 Å². The Morgan fingerprint density at radius 1 is 1.06 bits per heavy atom. The normalized spacial score (nSPS) is 16.0. The molecular formula is C23H19ClN4O2S. The first-order chi connectivity index (χ1) is 15.0. The number of carbonyl (C=O) groups excluding carboxylic acids is 2. The summed E-state index contributed by atoms with van der Waals surface area (Å²) in [4.78, 5) is 33.6. The van der Waals surface area contributed by atoms with Gasteiger partial charge in [-0.1, -0.05) is 41.9 Å². The van der Waals surface area contributed by atoms with Crippen molar-refractivity contribution >= 4 is 52.1 Å². The zero-order valence-corrected chi connectivity index (χ0v) is 18.0. The van der Waals surface area contributed by atoms with E-state index in [0.717, 1.165) is 5.69 Å². The van der Waals surface area contributed by atoms with Crippen LogP contribution in [0.4, 0.5) is 11.4 Å². The van der Waals surface area contributed by atoms with Crippen molar-refractivity contribution in [1.29, 1.82) is 0 Å². The van der Waals surface area contributed by atoms with Crippen molar-refractivity contribution in [1.82, 2.24) is 9.88 Å². The highest BCUT2D eigenvalue weighted by Gasteiger charge is 2.44. The van der Waals surface area contributed by atoms with Gasteiger partial charge in [-0.3, -0.25) is 19.5 Å². The van der Waals surface area contributed by atoms with E-state index in [4.69, 9.17) is 23.8 Å². The molecule has 3 aromatic rings. The third-order valence-electron chi connectivity index (χ3n) is 4.88. The van der Waals surface area contributed by atoms with Gasteiger partial charge >= 0.3 is 0 Å². The minimum Gasteiger partial charge on any atom is -0.330 e. The van der Waals surface area contributed by atoms with Gasteiger partial charge < -0.3 is 10.2 Å². The average molecular weight is 451 g/mol. The van der Waals surface area contributed by atoms with Gasteiger partial charge in [0, 0.05) is 16.9 Å². The molecule has 0 bridgehead atoms. The fourth-order valence-corrected chi connectivity index (χ4v) is 4.01. The lowest BCUT2D eigenvalue weighted by atomic mass is 10.1. The molecule has 156 valence electrons. The third kappa shape index (κ3) is 4.73. The number of nitrogens with zero attached hydrogens (tertiary/aromatic N) is 3. The fraction of sp³-hybridized carbons (Fsp3) is 0.130. The van der Waals surface area contributed by atoms with Crippen molar-refractivity contribution in [3.05, 3.63) is 89.7 Å². The molecule has 0 saturated carbocycles. The van der Waals surface area contributed by atoms with E-state index < -0.39 is 6.04 Å². The summed E-state index contributed by atoms with van der Waals surface area (Å²) in [5, 5.41) is 3.65. The van der Waals surface area contributed by atoms with E-state index >= 15 is 0 Å². The largest absolute Gasteiger partial charge is 0.330 e. The zero-order valence-electron chi connectivity index (χ0n) is 16.4. The van der Waals surface area contributed by atoms with Gasteiger partial charge in [0.1, 0.15) is 6.04 Å². The molecule has 1 fully saturated rings. The van der Waals surface area contributed by atoms with Crippen LogP contribution in [0.2, 0.25) is 5.02 Å². The smallest absolute Gasteiger partial charge is 0.256 e. The number of aromatic nitrogens is 1. The van der Waals surface area contributed by atoms with Gasteiger partial charge in [0.15, 0.2) is 5.11 Å². The fourth-order valence-electron chi connectivity index (χ4n) is 3.44. The summed E-state index contributed by atoms with van der Waals surface area (Å²) in [6.07, 6.45) is 1.64. The maximum absolute atomic E-state index is 13.4. The molecule has 2 aromatic carbocycles. The Morgan fingerprint density at radius 3 is 2.55 bits per heavy atom. The first kappa shape index (κ1) is 21.0. The van der Waals surface area contributed by atoms with Crippen LogP contribution in [0.1, 0.15) is 12.1 Å². The minimum absolute atomic E-state index is 0.0439. The number of thiocarbonyl (C=S) groups is 1. The van der Waals surface area contributed by atoms with E-state index in [1.165, 1.54) is 4.90 Å². The number of para-hydroxylation sites is 1. The molecule has 1 unspecified atom stereocenters. The maximum atomic E-state index is 13.4. The van der Waals surface area contributed by atoms with Crippen molar-refractivity contribution < 1.29 is 9.59 Å². The predicted octanol–water partition coefficient (Wildman–Crippen LogP) is 4.27. The number of hydrogen-bond acceptors (Lipinski definition) is 4. The van der Waals surface area contributed by atoms with Crippen LogP contribution >= 0.6 is 23.8 Å². The Bertz CT molecular complexity index is 1110. The lowest BCUT2D eigenvalue weighted by Crippen LogP contribution is -2.37. The summed E-state index contributed by atoms with van der Waals surface area (Å²) < 4.78 is 0. The average Bonchev–Trinajstić information content (AvgIpc) is 2.99. The monoisotopic (exact) mass is 450 g/mol. The number of hydrogen-bond donors (Lipinski definition) is 1. The first-order valence-electron chi connectivity index (χ1n) is 9.68. The van der Waals surface area contributed by atoms with Crippen LogP contribution < -0.4 is 10.2 Å². The van der Waals surface area contributed by atoms with Gasteiger partial charge in [-0.05, 0) is 54.7 Å². The van der Waals surface area contributed by atoms with Gasteiger partial charge in [-0.2, -0.15) is 0 Å². The molecule has 1 aromatic heterocycles. The number of anilines is 2. The molecule has 1 aliphatic heterocycles. The molecule has 2 amide bonds. The van der Waals surface area contributed by atoms with E-state index in [2.05, 4.69) is 10.3 Å². The Kier molecular flexibility index (Phi) is 6.25. The van der Waals surface area contributed by atoms with Crippen molar-refractivity contribution in [2.45, 2.75) is 19.0 Å². The number of pyridine rings is 1. The number of halogens is 1. The first-order valence-corrected chi connectivity index (χ1v) is 10.5. The summed E-state index contributed by atoms with van der Waals surface area (Å²) in [6, 6.07) is 20.8. The number of carbonyl (C=O) groups is 2. The highest BCUT2D eigenvalue weighted by atomic mass is 35.5. The van der Waals surface area contributed by atoms with Gasteiger partial charge in [0.25, 0.3) is 5.91 Å². The van der Waals surface area contributed by atoms with Gasteiger partial charge in [-0.25, -0.2) is 0 Å². The topological polar surface area (TPSA) is 65.5 Å². The Hall–Kier alpha value is -3.29. The predicted molar refractivity (Wildman–Crippen MR) is 125 cm³/mol. The molecule has 0 aliphatic carbocycles. The SMILES string of the molecule is O=C(CC1C(=O)N(c2cccc(Cl)c2)C(=S)N1Cc1ccccn1)Nc1ccccc1. The summed E-state index contributed by atoms with van der Waals surface area (Å²) in [5.41, 5.74) is 1.99. The van der Waals surface area contributed by atoms with Gasteiger partial charge in [-0.15, -0.1) is 0 Å². The van der Waals surface area contributed by atoms with E-state index in [9.17, 15) is 9.59 Å². The molecule has 31 heavy (non-hydrogen) atoms. The molecule has 8 heteroatoms. The lowest BCUT2D eigenvalue weighted by molar-refractivity contribution is -0.124. The second-order valence-electron chi connectivity index (χ2n) is 7.02. The molecule has 6 nitrogen and oxygen atoms in total. The molecule has 1 aliphatic rings. The summed E-state index contributed by atoms with van der Waals surface area (Å²) >= 11 is 11.8. The molecule has 1 saturated heterocycles. The quantitative estimate of drug-likeness (QED) is 0.568. The summed E-state index contributed by atoms with van der Waals surface area (Å²) in [5.74, 6) is -0.544. The summed E-state index contributed by atoms with van der Waals surface area (Å²) in [6.45, 7) is 0.311. The number of nitrogens with one attached hydrogen (secondary N) is 1. The van der Waals surface area contributed by atoms with Crippen LogP contribution in [-0.2, 0) is 16.1 Å². The second-order valence-corrected chi connectivity index (χ2v) is 7.82. The van der Waals surface area contributed by atoms with E-state index in [0.29, 0.717) is 28.1 Å². The minimum atomic E-state index is -0.753. The highest BCUT2D eigenvalue weighted by Crippen LogP contribution is 2.30. The number of rotatable bonds is 6. The van der Waals surface area contributed by atoms with E-state index in [1.807, 2.05) is 36.4 Å². The van der Waals surface area contributed by atoms with Crippen LogP contribution in [0.15, 0.2) is 79.0 Å². The van der Waals surface area contributed by atoms with Crippen LogP contribution in [0.3, 0.4) is 0 Å². The molecule has 1 atom stereocenters. The molecule has 1 N–H and O–H groups in total. The van der Waals surface area contributed by atoms with E-state index in [-0.39, 0.29) is 18.2 Å². The van der Waals surface area contributed by atoms with Crippen LogP contribution in [0, 0.1) is 0 Å². The molecule has 4 rings (SSSR count). The van der Waals surface area contributed by atoms with Crippen LogP contribution in [0.5, 0.6) is 0 Å². The number of benzene rings is 2. The molecule has 0 radical (unpaired) electrons. The standard InChI is InChI=1S/C23H19ClN4O2S/c24-16-7-6-11-19(13-16)28-22(30)20(14-21(29)26-17-8-2-1-3-9-17)27(23(28)31)15-18-10-4-5-12-25-18/h1-13,20H,14-15H2,(H,26,29). The van der Waals surface area contributed by atoms with Gasteiger partial charge in [0.05, 0.1) is 24.3 Å². The third-order valence-corrected chi connectivity index (χ3v) is 5.53. The van der Waals surface area contributed by atoms with Crippen molar-refractivity contribution in [2.24, 2.45) is 0 Å². The van der Waals surface area contributed by atoms with Crippen LogP contribution in [0.25, 0.3) is 0 Å². The highest BCUT2D eigenvalue weighted by molar-refractivity contribution is 7.80. The molecule has 0 spiro atoms. The molecule has 2 heterocycles. The van der Waals surface area contributed by atoms with E-state index in [1.54, 1.807) is 47.5 Å². The van der Waals surface area contributed by atoms with Crippen LogP contribution in [-0.4, -0.2) is 32.9 Å². The zero-order chi connectivity index (χ0) is 21.8. The van der Waals surface area contributed by atoms with Crippen molar-refractivity contribution in [2.75, 3.05) is 10.2 Å². The Labute approximate surface area is 190 Å². The molecular weight excluding hydrogens is 432 g/mol.